The summed E-state index contributed by atoms with van der Waals surface area (Å²) in [5, 5.41) is 4.02. The minimum atomic E-state index is 0.0898. The lowest BCUT2D eigenvalue weighted by Crippen LogP contribution is -2.18. The Morgan fingerprint density at radius 2 is 2.05 bits per heavy atom. The number of aromatic nitrogens is 3. The van der Waals surface area contributed by atoms with E-state index in [-0.39, 0.29) is 5.92 Å². The van der Waals surface area contributed by atoms with E-state index in [1.165, 1.54) is 0 Å². The fourth-order valence-corrected chi connectivity index (χ4v) is 2.09. The van der Waals surface area contributed by atoms with Crippen LogP contribution in [0.3, 0.4) is 0 Å². The van der Waals surface area contributed by atoms with Crippen LogP contribution in [-0.4, -0.2) is 21.7 Å². The van der Waals surface area contributed by atoms with E-state index < -0.39 is 0 Å². The van der Waals surface area contributed by atoms with E-state index in [0.29, 0.717) is 24.2 Å². The van der Waals surface area contributed by atoms with E-state index in [0.717, 1.165) is 16.8 Å². The van der Waals surface area contributed by atoms with E-state index in [1.54, 1.807) is 6.20 Å². The Bertz CT molecular complexity index is 562. The van der Waals surface area contributed by atoms with Crippen LogP contribution in [0.4, 0.5) is 0 Å². The highest BCUT2D eigenvalue weighted by Gasteiger charge is 2.22. The third-order valence-electron chi connectivity index (χ3n) is 3.24. The lowest BCUT2D eigenvalue weighted by Gasteiger charge is -2.13. The summed E-state index contributed by atoms with van der Waals surface area (Å²) >= 11 is 0. The van der Waals surface area contributed by atoms with Gasteiger partial charge in [-0.05, 0) is 30.9 Å². The maximum Gasteiger partial charge on any atom is 0.231 e. The molecular formula is C14H20N4O. The van der Waals surface area contributed by atoms with Crippen molar-refractivity contribution in [3.63, 3.8) is 0 Å². The topological polar surface area (TPSA) is 77.8 Å². The molecule has 0 saturated carbocycles. The Kier molecular flexibility index (Phi) is 3.95. The molecule has 0 fully saturated rings. The number of hydrogen-bond donors (Lipinski definition) is 1. The molecule has 1 unspecified atom stereocenters. The summed E-state index contributed by atoms with van der Waals surface area (Å²) in [5.74, 6) is 1.58. The minimum Gasteiger partial charge on any atom is -0.339 e. The van der Waals surface area contributed by atoms with Gasteiger partial charge in [-0.25, -0.2) is 0 Å². The first kappa shape index (κ1) is 13.7. The van der Waals surface area contributed by atoms with Gasteiger partial charge >= 0.3 is 0 Å². The van der Waals surface area contributed by atoms with E-state index in [4.69, 9.17) is 10.3 Å². The summed E-state index contributed by atoms with van der Waals surface area (Å²) in [5.41, 5.74) is 8.68. The summed E-state index contributed by atoms with van der Waals surface area (Å²) in [7, 11) is 0. The molecule has 2 N–H and O–H groups in total. The predicted octanol–water partition coefficient (Wildman–Crippen LogP) is 2.45. The second-order valence-corrected chi connectivity index (χ2v) is 5.22. The molecule has 2 rings (SSSR count). The van der Waals surface area contributed by atoms with Crippen molar-refractivity contribution in [2.75, 3.05) is 6.54 Å². The first-order chi connectivity index (χ1) is 9.02. The molecule has 102 valence electrons. The van der Waals surface area contributed by atoms with Crippen LogP contribution < -0.4 is 5.73 Å². The first-order valence-electron chi connectivity index (χ1n) is 6.50. The zero-order chi connectivity index (χ0) is 14.0. The molecule has 5 heteroatoms. The molecule has 2 aromatic heterocycles. The Labute approximate surface area is 113 Å². The molecule has 0 aliphatic rings. The highest BCUT2D eigenvalue weighted by Crippen LogP contribution is 2.25. The molecule has 0 saturated heterocycles. The first-order valence-corrected chi connectivity index (χ1v) is 6.50. The molecule has 0 aliphatic heterocycles. The van der Waals surface area contributed by atoms with Crippen LogP contribution in [0.15, 0.2) is 16.8 Å². The summed E-state index contributed by atoms with van der Waals surface area (Å²) in [6.07, 6.45) is 1.81. The fraction of sp³-hybridized carbons (Fsp3) is 0.500. The van der Waals surface area contributed by atoms with Crippen molar-refractivity contribution in [1.29, 1.82) is 0 Å². The van der Waals surface area contributed by atoms with Gasteiger partial charge in [0.05, 0.1) is 5.92 Å². The third-order valence-corrected chi connectivity index (χ3v) is 3.24. The Morgan fingerprint density at radius 3 is 2.63 bits per heavy atom. The maximum atomic E-state index is 5.76. The number of hydrogen-bond acceptors (Lipinski definition) is 5. The quantitative estimate of drug-likeness (QED) is 0.913. The molecular weight excluding hydrogens is 240 g/mol. The van der Waals surface area contributed by atoms with E-state index in [1.807, 2.05) is 13.8 Å². The van der Waals surface area contributed by atoms with Gasteiger partial charge in [0.15, 0.2) is 0 Å². The van der Waals surface area contributed by atoms with Gasteiger partial charge in [0.2, 0.25) is 11.7 Å². The van der Waals surface area contributed by atoms with Crippen molar-refractivity contribution in [1.82, 2.24) is 15.1 Å². The van der Waals surface area contributed by atoms with Gasteiger partial charge in [-0.3, -0.25) is 4.98 Å². The molecule has 0 radical (unpaired) electrons. The summed E-state index contributed by atoms with van der Waals surface area (Å²) < 4.78 is 5.34. The van der Waals surface area contributed by atoms with Crippen LogP contribution in [0, 0.1) is 19.8 Å². The average molecular weight is 260 g/mol. The molecule has 0 aromatic carbocycles. The van der Waals surface area contributed by atoms with Crippen LogP contribution >= 0.6 is 0 Å². The molecule has 1 atom stereocenters. The molecule has 19 heavy (non-hydrogen) atoms. The highest BCUT2D eigenvalue weighted by molar-refractivity contribution is 5.54. The monoisotopic (exact) mass is 260 g/mol. The van der Waals surface area contributed by atoms with Gasteiger partial charge in [0.25, 0.3) is 0 Å². The lowest BCUT2D eigenvalue weighted by molar-refractivity contribution is 0.324. The smallest absolute Gasteiger partial charge is 0.231 e. The molecule has 0 amide bonds. The second-order valence-electron chi connectivity index (χ2n) is 5.22. The molecule has 0 aliphatic carbocycles. The standard InChI is InChI=1S/C14H20N4O/c1-8(2)11(6-15)14-17-13(18-19-14)12-10(4)5-9(3)7-16-12/h5,7-8,11H,6,15H2,1-4H3. The van der Waals surface area contributed by atoms with Crippen LogP contribution in [0.2, 0.25) is 0 Å². The number of rotatable bonds is 4. The van der Waals surface area contributed by atoms with Crippen LogP contribution in [0.1, 0.15) is 36.8 Å². The fourth-order valence-electron chi connectivity index (χ4n) is 2.09. The summed E-state index contributed by atoms with van der Waals surface area (Å²) in [6, 6.07) is 2.06. The zero-order valence-electron chi connectivity index (χ0n) is 11.8. The highest BCUT2D eigenvalue weighted by atomic mass is 16.5. The van der Waals surface area contributed by atoms with Crippen LogP contribution in [0.25, 0.3) is 11.5 Å². The number of nitrogens with two attached hydrogens (primary N) is 1. The van der Waals surface area contributed by atoms with Crippen molar-refractivity contribution < 1.29 is 4.52 Å². The SMILES string of the molecule is Cc1cnc(-c2noc(C(CN)C(C)C)n2)c(C)c1. The average Bonchev–Trinajstić information content (AvgIpc) is 2.78. The molecule has 5 nitrogen and oxygen atoms in total. The predicted molar refractivity (Wildman–Crippen MR) is 73.6 cm³/mol. The Balaban J connectivity index is 2.35. The summed E-state index contributed by atoms with van der Waals surface area (Å²) in [4.78, 5) is 8.82. The van der Waals surface area contributed by atoms with Gasteiger partial charge in [-0.1, -0.05) is 25.1 Å². The molecule has 2 heterocycles. The Morgan fingerprint density at radius 1 is 1.32 bits per heavy atom. The van der Waals surface area contributed by atoms with E-state index in [9.17, 15) is 0 Å². The van der Waals surface area contributed by atoms with E-state index in [2.05, 4.69) is 35.0 Å². The van der Waals surface area contributed by atoms with Crippen molar-refractivity contribution in [3.05, 3.63) is 29.3 Å². The summed E-state index contributed by atoms with van der Waals surface area (Å²) in [6.45, 7) is 8.69. The zero-order valence-corrected chi connectivity index (χ0v) is 11.8. The molecule has 0 spiro atoms. The second kappa shape index (κ2) is 5.48. The van der Waals surface area contributed by atoms with Crippen LogP contribution in [-0.2, 0) is 0 Å². The van der Waals surface area contributed by atoms with Crippen LogP contribution in [0.5, 0.6) is 0 Å². The van der Waals surface area contributed by atoms with Crippen molar-refractivity contribution in [3.8, 4) is 11.5 Å². The van der Waals surface area contributed by atoms with Gasteiger partial charge in [-0.15, -0.1) is 0 Å². The third kappa shape index (κ3) is 2.81. The number of aryl methyl sites for hydroxylation is 2. The maximum absolute atomic E-state index is 5.76. The van der Waals surface area contributed by atoms with Gasteiger partial charge in [-0.2, -0.15) is 4.98 Å². The van der Waals surface area contributed by atoms with Crippen molar-refractivity contribution >= 4 is 0 Å². The minimum absolute atomic E-state index is 0.0898. The molecule has 2 aromatic rings. The molecule has 0 bridgehead atoms. The number of pyridine rings is 1. The number of nitrogens with zero attached hydrogens (tertiary/aromatic N) is 3. The Hall–Kier alpha value is -1.75. The van der Waals surface area contributed by atoms with Gasteiger partial charge in [0.1, 0.15) is 5.69 Å². The van der Waals surface area contributed by atoms with Crippen molar-refractivity contribution in [2.24, 2.45) is 11.7 Å². The van der Waals surface area contributed by atoms with E-state index >= 15 is 0 Å². The van der Waals surface area contributed by atoms with Crippen molar-refractivity contribution in [2.45, 2.75) is 33.6 Å². The largest absolute Gasteiger partial charge is 0.339 e. The lowest BCUT2D eigenvalue weighted by atomic mass is 9.96. The normalized spacial score (nSPS) is 12.9. The van der Waals surface area contributed by atoms with Gasteiger partial charge in [0, 0.05) is 12.7 Å². The van der Waals surface area contributed by atoms with Gasteiger partial charge < -0.3 is 10.3 Å².